The van der Waals surface area contributed by atoms with Crippen LogP contribution in [-0.4, -0.2) is 23.8 Å². The average Bonchev–Trinajstić information content (AvgIpc) is 2.47. The minimum absolute atomic E-state index is 0.0435. The number of aliphatic hydroxyl groups excluding tert-OH is 1. The zero-order valence-electron chi connectivity index (χ0n) is 11.0. The maximum absolute atomic E-state index is 11.7. The lowest BCUT2D eigenvalue weighted by Gasteiger charge is -2.30. The van der Waals surface area contributed by atoms with Gasteiger partial charge >= 0.3 is 6.09 Å². The van der Waals surface area contributed by atoms with Crippen molar-refractivity contribution in [2.24, 2.45) is 5.92 Å². The van der Waals surface area contributed by atoms with E-state index < -0.39 is 6.09 Å². The molecule has 2 atom stereocenters. The Morgan fingerprint density at radius 1 is 1.26 bits per heavy atom. The second-order valence-corrected chi connectivity index (χ2v) is 5.04. The molecule has 0 spiro atoms. The fraction of sp³-hybridized carbons (Fsp3) is 0.533. The van der Waals surface area contributed by atoms with Crippen LogP contribution in [0.5, 0.6) is 0 Å². The van der Waals surface area contributed by atoms with E-state index in [0.717, 1.165) is 31.2 Å². The van der Waals surface area contributed by atoms with Crippen LogP contribution in [0.2, 0.25) is 0 Å². The number of carbonyl (C=O) groups is 1. The van der Waals surface area contributed by atoms with Gasteiger partial charge < -0.3 is 15.2 Å². The molecule has 1 aromatic carbocycles. The summed E-state index contributed by atoms with van der Waals surface area (Å²) in [6.07, 6.45) is 3.73. The Morgan fingerprint density at radius 2 is 2.00 bits per heavy atom. The molecule has 4 heteroatoms. The first-order chi connectivity index (χ1) is 9.29. The van der Waals surface area contributed by atoms with Crippen molar-refractivity contribution in [1.82, 2.24) is 5.32 Å². The van der Waals surface area contributed by atoms with Gasteiger partial charge in [0.25, 0.3) is 0 Å². The quantitative estimate of drug-likeness (QED) is 0.877. The Balaban J connectivity index is 1.77. The first-order valence-corrected chi connectivity index (χ1v) is 6.87. The molecule has 2 N–H and O–H groups in total. The fourth-order valence-corrected chi connectivity index (χ4v) is 2.53. The minimum atomic E-state index is -0.394. The smallest absolute Gasteiger partial charge is 0.407 e. The Morgan fingerprint density at radius 3 is 2.74 bits per heavy atom. The summed E-state index contributed by atoms with van der Waals surface area (Å²) in [6, 6.07) is 9.65. The number of benzene rings is 1. The molecule has 1 amide bonds. The molecule has 1 aliphatic carbocycles. The third kappa shape index (κ3) is 4.24. The predicted molar refractivity (Wildman–Crippen MR) is 72.6 cm³/mol. The number of rotatable bonds is 4. The number of ether oxygens (including phenoxy) is 1. The van der Waals surface area contributed by atoms with E-state index in [-0.39, 0.29) is 25.2 Å². The Bertz CT molecular complexity index is 394. The van der Waals surface area contributed by atoms with E-state index >= 15 is 0 Å². The van der Waals surface area contributed by atoms with Gasteiger partial charge in [0.1, 0.15) is 6.61 Å². The molecule has 4 nitrogen and oxygen atoms in total. The van der Waals surface area contributed by atoms with Gasteiger partial charge in [-0.2, -0.15) is 0 Å². The second kappa shape index (κ2) is 7.14. The third-order valence-electron chi connectivity index (χ3n) is 3.66. The molecule has 1 aromatic rings. The van der Waals surface area contributed by atoms with E-state index in [1.807, 2.05) is 30.3 Å². The van der Waals surface area contributed by atoms with Crippen LogP contribution < -0.4 is 5.32 Å². The summed E-state index contributed by atoms with van der Waals surface area (Å²) in [4.78, 5) is 11.7. The molecule has 104 valence electrons. The number of hydrogen-bond acceptors (Lipinski definition) is 3. The SMILES string of the molecule is O=C(NC1CCCCC1CO)OCc1ccccc1. The van der Waals surface area contributed by atoms with E-state index in [2.05, 4.69) is 5.32 Å². The molecule has 1 fully saturated rings. The van der Waals surface area contributed by atoms with E-state index in [9.17, 15) is 9.90 Å². The van der Waals surface area contributed by atoms with Gasteiger partial charge in [-0.25, -0.2) is 4.79 Å². The van der Waals surface area contributed by atoms with Crippen molar-refractivity contribution in [3.63, 3.8) is 0 Å². The van der Waals surface area contributed by atoms with E-state index in [4.69, 9.17) is 4.74 Å². The first kappa shape index (κ1) is 13.9. The monoisotopic (exact) mass is 263 g/mol. The molecule has 19 heavy (non-hydrogen) atoms. The van der Waals surface area contributed by atoms with E-state index in [1.165, 1.54) is 0 Å². The highest BCUT2D eigenvalue weighted by Gasteiger charge is 2.26. The molecule has 0 bridgehead atoms. The zero-order valence-corrected chi connectivity index (χ0v) is 11.0. The Hall–Kier alpha value is -1.55. The van der Waals surface area contributed by atoms with Crippen LogP contribution in [0.3, 0.4) is 0 Å². The van der Waals surface area contributed by atoms with Crippen LogP contribution in [0.1, 0.15) is 31.2 Å². The number of alkyl carbamates (subject to hydrolysis) is 1. The van der Waals surface area contributed by atoms with Crippen LogP contribution in [0.15, 0.2) is 30.3 Å². The van der Waals surface area contributed by atoms with Crippen molar-refractivity contribution in [3.8, 4) is 0 Å². The molecule has 0 heterocycles. The lowest BCUT2D eigenvalue weighted by atomic mass is 9.85. The van der Waals surface area contributed by atoms with Gasteiger partial charge in [-0.05, 0) is 18.4 Å². The van der Waals surface area contributed by atoms with Gasteiger partial charge in [0.15, 0.2) is 0 Å². The van der Waals surface area contributed by atoms with Crippen LogP contribution in [0.25, 0.3) is 0 Å². The summed E-state index contributed by atoms with van der Waals surface area (Å²) in [5.74, 6) is 0.165. The third-order valence-corrected chi connectivity index (χ3v) is 3.66. The average molecular weight is 263 g/mol. The summed E-state index contributed by atoms with van der Waals surface area (Å²) in [7, 11) is 0. The highest BCUT2D eigenvalue weighted by atomic mass is 16.5. The predicted octanol–water partition coefficient (Wildman–Crippen LogP) is 2.46. The lowest BCUT2D eigenvalue weighted by Crippen LogP contribution is -2.43. The molecule has 0 radical (unpaired) electrons. The molecule has 0 aliphatic heterocycles. The normalized spacial score (nSPS) is 22.8. The Kier molecular flexibility index (Phi) is 5.21. The van der Waals surface area contributed by atoms with Gasteiger partial charge in [-0.3, -0.25) is 0 Å². The summed E-state index contributed by atoms with van der Waals surface area (Å²) < 4.78 is 5.19. The van der Waals surface area contributed by atoms with Crippen molar-refractivity contribution in [1.29, 1.82) is 0 Å². The summed E-state index contributed by atoms with van der Waals surface area (Å²) >= 11 is 0. The van der Waals surface area contributed by atoms with Crippen molar-refractivity contribution < 1.29 is 14.6 Å². The largest absolute Gasteiger partial charge is 0.445 e. The molecule has 2 rings (SSSR count). The van der Waals surface area contributed by atoms with Gasteiger partial charge in [0, 0.05) is 18.6 Å². The van der Waals surface area contributed by atoms with E-state index in [0.29, 0.717) is 0 Å². The summed E-state index contributed by atoms with van der Waals surface area (Å²) in [5.41, 5.74) is 0.972. The highest BCUT2D eigenvalue weighted by Crippen LogP contribution is 2.24. The van der Waals surface area contributed by atoms with Crippen molar-refractivity contribution in [2.45, 2.75) is 38.3 Å². The van der Waals surface area contributed by atoms with Crippen LogP contribution in [-0.2, 0) is 11.3 Å². The number of aliphatic hydroxyl groups is 1. The first-order valence-electron chi connectivity index (χ1n) is 6.87. The molecular formula is C15H21NO3. The molecule has 2 unspecified atom stereocenters. The van der Waals surface area contributed by atoms with Gasteiger partial charge in [0.05, 0.1) is 0 Å². The number of nitrogens with one attached hydrogen (secondary N) is 1. The van der Waals surface area contributed by atoms with Crippen molar-refractivity contribution in [3.05, 3.63) is 35.9 Å². The minimum Gasteiger partial charge on any atom is -0.445 e. The van der Waals surface area contributed by atoms with Crippen molar-refractivity contribution in [2.75, 3.05) is 6.61 Å². The highest BCUT2D eigenvalue weighted by molar-refractivity contribution is 5.67. The van der Waals surface area contributed by atoms with Gasteiger partial charge in [-0.1, -0.05) is 43.2 Å². The van der Waals surface area contributed by atoms with E-state index in [1.54, 1.807) is 0 Å². The Labute approximate surface area is 113 Å². The maximum Gasteiger partial charge on any atom is 0.407 e. The molecule has 1 aliphatic rings. The number of amides is 1. The zero-order chi connectivity index (χ0) is 13.5. The van der Waals surface area contributed by atoms with Crippen LogP contribution in [0.4, 0.5) is 4.79 Å². The fourth-order valence-electron chi connectivity index (χ4n) is 2.53. The van der Waals surface area contributed by atoms with Gasteiger partial charge in [0.2, 0.25) is 0 Å². The molecule has 1 saturated carbocycles. The van der Waals surface area contributed by atoms with Gasteiger partial charge in [-0.15, -0.1) is 0 Å². The second-order valence-electron chi connectivity index (χ2n) is 5.04. The maximum atomic E-state index is 11.7. The van der Waals surface area contributed by atoms with Crippen molar-refractivity contribution >= 4 is 6.09 Å². The summed E-state index contributed by atoms with van der Waals surface area (Å²) in [5, 5.41) is 12.2. The molecule has 0 aromatic heterocycles. The molecular weight excluding hydrogens is 242 g/mol. The standard InChI is InChI=1S/C15H21NO3/c17-10-13-8-4-5-9-14(13)16-15(18)19-11-12-6-2-1-3-7-12/h1-3,6-7,13-14,17H,4-5,8-11H2,(H,16,18). The van der Waals surface area contributed by atoms with Crippen LogP contribution >= 0.6 is 0 Å². The number of hydrogen-bond donors (Lipinski definition) is 2. The molecule has 0 saturated heterocycles. The van der Waals surface area contributed by atoms with Crippen LogP contribution in [0, 0.1) is 5.92 Å². The topological polar surface area (TPSA) is 58.6 Å². The summed E-state index contributed by atoms with van der Waals surface area (Å²) in [6.45, 7) is 0.410. The lowest BCUT2D eigenvalue weighted by molar-refractivity contribution is 0.113. The number of carbonyl (C=O) groups excluding carboxylic acids is 1.